The number of benzene rings is 2. The molecular weight excluding hydrogens is 390 g/mol. The largest absolute Gasteiger partial charge is 0.497 e. The van der Waals surface area contributed by atoms with Crippen LogP contribution in [0.15, 0.2) is 54.7 Å². The van der Waals surface area contributed by atoms with Gasteiger partial charge in [0.05, 0.1) is 19.2 Å². The molecule has 0 radical (unpaired) electrons. The van der Waals surface area contributed by atoms with Gasteiger partial charge in [0.1, 0.15) is 18.1 Å². The van der Waals surface area contributed by atoms with Gasteiger partial charge in [-0.2, -0.15) is 0 Å². The minimum absolute atomic E-state index is 0.0849. The summed E-state index contributed by atoms with van der Waals surface area (Å²) in [5.74, 6) is 0.776. The van der Waals surface area contributed by atoms with Gasteiger partial charge in [-0.3, -0.25) is 4.79 Å². The van der Waals surface area contributed by atoms with Gasteiger partial charge < -0.3 is 9.47 Å². The Hall–Kier alpha value is -3.41. The van der Waals surface area contributed by atoms with Crippen molar-refractivity contribution >= 4 is 18.2 Å². The van der Waals surface area contributed by atoms with Crippen molar-refractivity contribution in [2.24, 2.45) is 5.92 Å². The molecule has 0 spiro atoms. The fourth-order valence-corrected chi connectivity index (χ4v) is 3.18. The molecule has 0 saturated heterocycles. The second kappa shape index (κ2) is 10.6. The lowest BCUT2D eigenvalue weighted by Gasteiger charge is -2.12. The lowest BCUT2D eigenvalue weighted by molar-refractivity contribution is -0.146. The normalized spacial score (nSPS) is 12.3. The standard InChI is InChI=1S/C25H29N3O3/c1-18(2)14-21-8-10-22(11-9-21)19(3)25(29)31-17-23-16-28(27-26-23)13-12-20-6-5-7-24(15-20)30-4/h5-13,15-16,18-19H,14,17H2,1-4H3/b13-12+. The summed E-state index contributed by atoms with van der Waals surface area (Å²) in [6, 6.07) is 15.9. The molecule has 6 heteroatoms. The molecule has 0 aliphatic carbocycles. The van der Waals surface area contributed by atoms with Gasteiger partial charge in [0.2, 0.25) is 0 Å². The van der Waals surface area contributed by atoms with Crippen LogP contribution in [-0.4, -0.2) is 28.1 Å². The van der Waals surface area contributed by atoms with Crippen molar-refractivity contribution in [2.45, 2.75) is 39.7 Å². The van der Waals surface area contributed by atoms with Crippen LogP contribution in [0.5, 0.6) is 5.75 Å². The summed E-state index contributed by atoms with van der Waals surface area (Å²) in [6.07, 6.45) is 6.45. The quantitative estimate of drug-likeness (QED) is 0.459. The summed E-state index contributed by atoms with van der Waals surface area (Å²) in [6.45, 7) is 6.33. The van der Waals surface area contributed by atoms with E-state index in [9.17, 15) is 4.79 Å². The number of hydrogen-bond donors (Lipinski definition) is 0. The van der Waals surface area contributed by atoms with Gasteiger partial charge in [0.25, 0.3) is 0 Å². The summed E-state index contributed by atoms with van der Waals surface area (Å²) in [5, 5.41) is 8.11. The SMILES string of the molecule is COc1cccc(/C=C/n2cc(COC(=O)C(C)c3ccc(CC(C)C)cc3)nn2)c1. The van der Waals surface area contributed by atoms with Crippen molar-refractivity contribution in [1.82, 2.24) is 15.0 Å². The highest BCUT2D eigenvalue weighted by molar-refractivity contribution is 5.77. The second-order valence-electron chi connectivity index (χ2n) is 7.95. The predicted molar refractivity (Wildman–Crippen MR) is 121 cm³/mol. The number of rotatable bonds is 9. The van der Waals surface area contributed by atoms with Crippen LogP contribution in [0.2, 0.25) is 0 Å². The Morgan fingerprint density at radius 2 is 1.90 bits per heavy atom. The zero-order valence-corrected chi connectivity index (χ0v) is 18.5. The lowest BCUT2D eigenvalue weighted by Crippen LogP contribution is -2.13. The van der Waals surface area contributed by atoms with E-state index in [2.05, 4.69) is 36.3 Å². The van der Waals surface area contributed by atoms with Crippen LogP contribution in [-0.2, 0) is 22.6 Å². The minimum atomic E-state index is -0.337. The van der Waals surface area contributed by atoms with E-state index >= 15 is 0 Å². The molecule has 3 aromatic rings. The topological polar surface area (TPSA) is 66.2 Å². The number of carbonyl (C=O) groups is 1. The van der Waals surface area contributed by atoms with Crippen LogP contribution in [0.1, 0.15) is 49.1 Å². The van der Waals surface area contributed by atoms with Crippen LogP contribution < -0.4 is 4.74 Å². The number of hydrogen-bond acceptors (Lipinski definition) is 5. The Balaban J connectivity index is 1.53. The van der Waals surface area contributed by atoms with Crippen molar-refractivity contribution in [3.8, 4) is 5.75 Å². The Kier molecular flexibility index (Phi) is 7.60. The minimum Gasteiger partial charge on any atom is -0.497 e. The average molecular weight is 420 g/mol. The molecule has 6 nitrogen and oxygen atoms in total. The molecule has 3 rings (SSSR count). The zero-order chi connectivity index (χ0) is 22.2. The summed E-state index contributed by atoms with van der Waals surface area (Å²) >= 11 is 0. The zero-order valence-electron chi connectivity index (χ0n) is 18.5. The molecule has 162 valence electrons. The third kappa shape index (κ3) is 6.54. The van der Waals surface area contributed by atoms with E-state index in [0.29, 0.717) is 11.6 Å². The fourth-order valence-electron chi connectivity index (χ4n) is 3.18. The molecule has 31 heavy (non-hydrogen) atoms. The van der Waals surface area contributed by atoms with Crippen LogP contribution in [0.4, 0.5) is 0 Å². The van der Waals surface area contributed by atoms with E-state index in [1.165, 1.54) is 5.56 Å². The van der Waals surface area contributed by atoms with E-state index in [4.69, 9.17) is 9.47 Å². The Bertz CT molecular complexity index is 1020. The van der Waals surface area contributed by atoms with Crippen molar-refractivity contribution in [3.05, 3.63) is 77.1 Å². The van der Waals surface area contributed by atoms with Crippen molar-refractivity contribution in [3.63, 3.8) is 0 Å². The molecule has 0 aliphatic heterocycles. The highest BCUT2D eigenvalue weighted by Gasteiger charge is 2.17. The average Bonchev–Trinajstić information content (AvgIpc) is 3.23. The second-order valence-corrected chi connectivity index (χ2v) is 7.95. The smallest absolute Gasteiger partial charge is 0.313 e. The van der Waals surface area contributed by atoms with Crippen molar-refractivity contribution in [2.75, 3.05) is 7.11 Å². The molecule has 1 atom stereocenters. The van der Waals surface area contributed by atoms with Gasteiger partial charge in [-0.1, -0.05) is 55.5 Å². The fraction of sp³-hybridized carbons (Fsp3) is 0.320. The molecule has 0 amide bonds. The van der Waals surface area contributed by atoms with Gasteiger partial charge in [0, 0.05) is 6.20 Å². The first-order chi connectivity index (χ1) is 14.9. The van der Waals surface area contributed by atoms with Crippen molar-refractivity contribution < 1.29 is 14.3 Å². The molecule has 1 heterocycles. The number of esters is 1. The highest BCUT2D eigenvalue weighted by Crippen LogP contribution is 2.19. The third-order valence-electron chi connectivity index (χ3n) is 4.91. The van der Waals surface area contributed by atoms with Crippen LogP contribution in [0, 0.1) is 5.92 Å². The van der Waals surface area contributed by atoms with E-state index in [0.717, 1.165) is 23.3 Å². The molecule has 1 aromatic heterocycles. The van der Waals surface area contributed by atoms with Crippen LogP contribution in [0.25, 0.3) is 12.3 Å². The first kappa shape index (κ1) is 22.3. The molecule has 0 fully saturated rings. The summed E-state index contributed by atoms with van der Waals surface area (Å²) in [4.78, 5) is 12.5. The monoisotopic (exact) mass is 419 g/mol. The number of nitrogens with zero attached hydrogens (tertiary/aromatic N) is 3. The predicted octanol–water partition coefficient (Wildman–Crippen LogP) is 4.96. The first-order valence-corrected chi connectivity index (χ1v) is 10.4. The van der Waals surface area contributed by atoms with Gasteiger partial charge in [-0.15, -0.1) is 5.10 Å². The Morgan fingerprint density at radius 3 is 2.61 bits per heavy atom. The van der Waals surface area contributed by atoms with E-state index in [1.807, 2.05) is 49.4 Å². The molecule has 0 N–H and O–H groups in total. The summed E-state index contributed by atoms with van der Waals surface area (Å²) < 4.78 is 12.3. The highest BCUT2D eigenvalue weighted by atomic mass is 16.5. The molecule has 0 aliphatic rings. The molecule has 0 bridgehead atoms. The van der Waals surface area contributed by atoms with E-state index in [-0.39, 0.29) is 18.5 Å². The molecule has 1 unspecified atom stereocenters. The Labute approximate surface area is 183 Å². The van der Waals surface area contributed by atoms with Crippen molar-refractivity contribution in [1.29, 1.82) is 0 Å². The maximum Gasteiger partial charge on any atom is 0.313 e. The maximum atomic E-state index is 12.5. The molecule has 0 saturated carbocycles. The third-order valence-corrected chi connectivity index (χ3v) is 4.91. The lowest BCUT2D eigenvalue weighted by atomic mass is 9.97. The molecular formula is C25H29N3O3. The van der Waals surface area contributed by atoms with Gasteiger partial charge in [-0.25, -0.2) is 4.68 Å². The summed E-state index contributed by atoms with van der Waals surface area (Å²) in [7, 11) is 1.64. The number of carbonyl (C=O) groups excluding carboxylic acids is 1. The number of methoxy groups -OCH3 is 1. The van der Waals surface area contributed by atoms with Gasteiger partial charge in [0.15, 0.2) is 0 Å². The van der Waals surface area contributed by atoms with Gasteiger partial charge in [-0.05, 0) is 54.2 Å². The van der Waals surface area contributed by atoms with Crippen LogP contribution in [0.3, 0.4) is 0 Å². The summed E-state index contributed by atoms with van der Waals surface area (Å²) in [5.41, 5.74) is 3.79. The number of ether oxygens (including phenoxy) is 2. The van der Waals surface area contributed by atoms with Crippen LogP contribution >= 0.6 is 0 Å². The van der Waals surface area contributed by atoms with E-state index < -0.39 is 0 Å². The molecule has 2 aromatic carbocycles. The van der Waals surface area contributed by atoms with E-state index in [1.54, 1.807) is 24.2 Å². The van der Waals surface area contributed by atoms with Gasteiger partial charge >= 0.3 is 5.97 Å². The maximum absolute atomic E-state index is 12.5. The first-order valence-electron chi connectivity index (χ1n) is 10.4. The Morgan fingerprint density at radius 1 is 1.13 bits per heavy atom. The number of aromatic nitrogens is 3.